The van der Waals surface area contributed by atoms with E-state index in [2.05, 4.69) is 15.1 Å². The maximum atomic E-state index is 8.52. The van der Waals surface area contributed by atoms with Crippen molar-refractivity contribution in [1.82, 2.24) is 24.3 Å². The van der Waals surface area contributed by atoms with Crippen LogP contribution in [-0.4, -0.2) is 24.3 Å². The normalized spacial score (nSPS) is 10.0. The van der Waals surface area contributed by atoms with Crippen molar-refractivity contribution in [3.63, 3.8) is 0 Å². The molecule has 2 aromatic heterocycles. The van der Waals surface area contributed by atoms with Crippen LogP contribution in [0, 0.1) is 11.3 Å². The summed E-state index contributed by atoms with van der Waals surface area (Å²) in [5.41, 5.74) is 0. The van der Waals surface area contributed by atoms with Gasteiger partial charge in [0.2, 0.25) is 0 Å². The summed E-state index contributed by atoms with van der Waals surface area (Å²) < 4.78 is 3.48. The smallest absolute Gasteiger partial charge is 0.252 e. The Kier molecular flexibility index (Phi) is 1.99. The molecule has 0 saturated heterocycles. The summed E-state index contributed by atoms with van der Waals surface area (Å²) in [5, 5.41) is 12.5. The topological polar surface area (TPSA) is 72.3 Å². The monoisotopic (exact) mass is 188 g/mol. The predicted octanol–water partition coefficient (Wildman–Crippen LogP) is -0.0684. The van der Waals surface area contributed by atoms with Crippen LogP contribution in [-0.2, 0) is 13.6 Å². The van der Waals surface area contributed by atoms with Gasteiger partial charge in [-0.15, -0.1) is 5.10 Å². The Morgan fingerprint density at radius 1 is 1.50 bits per heavy atom. The fourth-order valence-corrected chi connectivity index (χ4v) is 1.12. The summed E-state index contributed by atoms with van der Waals surface area (Å²) in [6.07, 6.45) is 5.10. The zero-order valence-corrected chi connectivity index (χ0v) is 7.62. The van der Waals surface area contributed by atoms with Gasteiger partial charge >= 0.3 is 0 Å². The number of nitriles is 1. The summed E-state index contributed by atoms with van der Waals surface area (Å²) in [7, 11) is 1.91. The fourth-order valence-electron chi connectivity index (χ4n) is 1.12. The van der Waals surface area contributed by atoms with Gasteiger partial charge in [-0.1, -0.05) is 0 Å². The SMILES string of the molecule is Cn1ccnc1Cn1cnc(C#N)n1. The van der Waals surface area contributed by atoms with Crippen LogP contribution >= 0.6 is 0 Å². The molecule has 6 nitrogen and oxygen atoms in total. The molecule has 14 heavy (non-hydrogen) atoms. The first-order valence-electron chi connectivity index (χ1n) is 4.05. The van der Waals surface area contributed by atoms with E-state index in [9.17, 15) is 0 Å². The van der Waals surface area contributed by atoms with Crippen molar-refractivity contribution >= 4 is 0 Å². The first kappa shape index (κ1) is 8.44. The highest BCUT2D eigenvalue weighted by atomic mass is 15.3. The molecule has 0 bridgehead atoms. The van der Waals surface area contributed by atoms with Gasteiger partial charge in [-0.2, -0.15) is 5.26 Å². The van der Waals surface area contributed by atoms with Crippen LogP contribution in [0.25, 0.3) is 0 Å². The van der Waals surface area contributed by atoms with E-state index in [1.54, 1.807) is 10.9 Å². The number of hydrogen-bond acceptors (Lipinski definition) is 4. The van der Waals surface area contributed by atoms with E-state index in [0.717, 1.165) is 5.82 Å². The third-order valence-electron chi connectivity index (χ3n) is 1.86. The standard InChI is InChI=1S/C8H8N6/c1-13-3-2-10-8(13)5-14-6-11-7(4-9)12-14/h2-3,6H,5H2,1H3. The Morgan fingerprint density at radius 3 is 2.93 bits per heavy atom. The zero-order valence-electron chi connectivity index (χ0n) is 7.62. The molecular formula is C8H8N6. The maximum Gasteiger partial charge on any atom is 0.252 e. The molecule has 2 aromatic rings. The average molecular weight is 188 g/mol. The van der Waals surface area contributed by atoms with Gasteiger partial charge in [0.1, 0.15) is 24.8 Å². The van der Waals surface area contributed by atoms with E-state index in [-0.39, 0.29) is 5.82 Å². The molecule has 0 aliphatic carbocycles. The summed E-state index contributed by atoms with van der Waals surface area (Å²) >= 11 is 0. The molecule has 0 amide bonds. The first-order chi connectivity index (χ1) is 6.79. The predicted molar refractivity (Wildman–Crippen MR) is 47.0 cm³/mol. The number of rotatable bonds is 2. The number of nitrogens with zero attached hydrogens (tertiary/aromatic N) is 6. The van der Waals surface area contributed by atoms with E-state index < -0.39 is 0 Å². The van der Waals surface area contributed by atoms with Crippen molar-refractivity contribution in [2.24, 2.45) is 7.05 Å². The van der Waals surface area contributed by atoms with Crippen molar-refractivity contribution < 1.29 is 0 Å². The molecular weight excluding hydrogens is 180 g/mol. The van der Waals surface area contributed by atoms with E-state index in [4.69, 9.17) is 5.26 Å². The van der Waals surface area contributed by atoms with E-state index in [1.807, 2.05) is 23.9 Å². The minimum Gasteiger partial charge on any atom is -0.336 e. The van der Waals surface area contributed by atoms with Crippen molar-refractivity contribution in [2.45, 2.75) is 6.54 Å². The van der Waals surface area contributed by atoms with Crippen LogP contribution in [0.15, 0.2) is 18.7 Å². The van der Waals surface area contributed by atoms with Crippen LogP contribution in [0.2, 0.25) is 0 Å². The van der Waals surface area contributed by atoms with Crippen LogP contribution in [0.3, 0.4) is 0 Å². The highest BCUT2D eigenvalue weighted by molar-refractivity contribution is 5.05. The molecule has 0 atom stereocenters. The summed E-state index contributed by atoms with van der Waals surface area (Å²) in [4.78, 5) is 7.94. The summed E-state index contributed by atoms with van der Waals surface area (Å²) in [5.74, 6) is 1.05. The lowest BCUT2D eigenvalue weighted by atomic mass is 10.6. The second-order valence-electron chi connectivity index (χ2n) is 2.83. The average Bonchev–Trinajstić information content (AvgIpc) is 2.77. The van der Waals surface area contributed by atoms with E-state index in [0.29, 0.717) is 6.54 Å². The van der Waals surface area contributed by atoms with Crippen LogP contribution in [0.1, 0.15) is 11.6 Å². The summed E-state index contributed by atoms with van der Waals surface area (Å²) in [6, 6.07) is 1.87. The van der Waals surface area contributed by atoms with Crippen LogP contribution in [0.4, 0.5) is 0 Å². The van der Waals surface area contributed by atoms with Gasteiger partial charge < -0.3 is 4.57 Å². The Hall–Kier alpha value is -2.16. The van der Waals surface area contributed by atoms with Gasteiger partial charge in [0, 0.05) is 19.4 Å². The van der Waals surface area contributed by atoms with Gasteiger partial charge in [-0.05, 0) is 0 Å². The summed E-state index contributed by atoms with van der Waals surface area (Å²) in [6.45, 7) is 0.526. The lowest BCUT2D eigenvalue weighted by Gasteiger charge is -1.99. The highest BCUT2D eigenvalue weighted by Gasteiger charge is 2.03. The molecule has 6 heteroatoms. The van der Waals surface area contributed by atoms with Crippen molar-refractivity contribution in [2.75, 3.05) is 0 Å². The molecule has 0 N–H and O–H groups in total. The Labute approximate surface area is 80.4 Å². The Morgan fingerprint density at radius 2 is 2.36 bits per heavy atom. The lowest BCUT2D eigenvalue weighted by Crippen LogP contribution is -2.06. The molecule has 2 heterocycles. The van der Waals surface area contributed by atoms with Gasteiger partial charge in [-0.3, -0.25) is 0 Å². The first-order valence-corrected chi connectivity index (χ1v) is 4.05. The Balaban J connectivity index is 2.20. The molecule has 0 radical (unpaired) electrons. The highest BCUT2D eigenvalue weighted by Crippen LogP contribution is 1.97. The molecule has 0 unspecified atom stereocenters. The number of aryl methyl sites for hydroxylation is 1. The molecule has 0 aliphatic rings. The van der Waals surface area contributed by atoms with Crippen molar-refractivity contribution in [3.05, 3.63) is 30.4 Å². The van der Waals surface area contributed by atoms with E-state index in [1.165, 1.54) is 6.33 Å². The van der Waals surface area contributed by atoms with Crippen LogP contribution < -0.4 is 0 Å². The van der Waals surface area contributed by atoms with Crippen molar-refractivity contribution in [1.29, 1.82) is 5.26 Å². The lowest BCUT2D eigenvalue weighted by molar-refractivity contribution is 0.629. The molecule has 0 spiro atoms. The third-order valence-corrected chi connectivity index (χ3v) is 1.86. The number of aromatic nitrogens is 5. The molecule has 0 aliphatic heterocycles. The number of hydrogen-bond donors (Lipinski definition) is 0. The number of imidazole rings is 1. The molecule has 70 valence electrons. The Bertz CT molecular complexity index is 474. The minimum absolute atomic E-state index is 0.180. The quantitative estimate of drug-likeness (QED) is 0.661. The van der Waals surface area contributed by atoms with E-state index >= 15 is 0 Å². The second-order valence-corrected chi connectivity index (χ2v) is 2.83. The largest absolute Gasteiger partial charge is 0.336 e. The van der Waals surface area contributed by atoms with Crippen LogP contribution in [0.5, 0.6) is 0 Å². The van der Waals surface area contributed by atoms with Gasteiger partial charge in [0.05, 0.1) is 0 Å². The molecule has 0 saturated carbocycles. The fraction of sp³-hybridized carbons (Fsp3) is 0.250. The molecule has 2 rings (SSSR count). The van der Waals surface area contributed by atoms with Gasteiger partial charge in [-0.25, -0.2) is 14.6 Å². The maximum absolute atomic E-state index is 8.52. The second kappa shape index (κ2) is 3.30. The van der Waals surface area contributed by atoms with Gasteiger partial charge in [0.25, 0.3) is 5.82 Å². The van der Waals surface area contributed by atoms with Crippen molar-refractivity contribution in [3.8, 4) is 6.07 Å². The minimum atomic E-state index is 0.180. The molecule has 0 fully saturated rings. The zero-order chi connectivity index (χ0) is 9.97. The third kappa shape index (κ3) is 1.47. The molecule has 0 aromatic carbocycles. The van der Waals surface area contributed by atoms with Gasteiger partial charge in [0.15, 0.2) is 0 Å².